The Bertz CT molecular complexity index is 841. The summed E-state index contributed by atoms with van der Waals surface area (Å²) in [6.07, 6.45) is -1.06. The molecule has 1 aliphatic rings. The van der Waals surface area contributed by atoms with E-state index in [9.17, 15) is 14.0 Å². The molecule has 2 atom stereocenters. The molecule has 0 radical (unpaired) electrons. The number of nitrogens with zero attached hydrogens (tertiary/aromatic N) is 3. The maximum absolute atomic E-state index is 14.5. The summed E-state index contributed by atoms with van der Waals surface area (Å²) in [6.45, 7) is 3.60. The molecule has 0 spiro atoms. The van der Waals surface area contributed by atoms with E-state index in [1.807, 2.05) is 0 Å². The van der Waals surface area contributed by atoms with Gasteiger partial charge in [0.15, 0.2) is 5.01 Å². The number of hydrogen-bond acceptors (Lipinski definition) is 7. The smallest absolute Gasteiger partial charge is 0.414 e. The molecule has 0 saturated carbocycles. The molecule has 1 aromatic carbocycles. The van der Waals surface area contributed by atoms with Crippen LogP contribution in [0.25, 0.3) is 10.6 Å². The Morgan fingerprint density at radius 2 is 2.31 bits per heavy atom. The number of carbonyl (C=O) groups excluding carboxylic acids is 2. The summed E-state index contributed by atoms with van der Waals surface area (Å²) in [7, 11) is 0. The Labute approximate surface area is 153 Å². The van der Waals surface area contributed by atoms with Gasteiger partial charge < -0.3 is 15.8 Å². The van der Waals surface area contributed by atoms with E-state index in [0.29, 0.717) is 21.3 Å². The highest BCUT2D eigenvalue weighted by atomic mass is 32.1. The number of nitrogens with two attached hydrogens (primary N) is 1. The number of cyclic esters (lactones) is 1. The molecule has 3 N–H and O–H groups in total. The van der Waals surface area contributed by atoms with Gasteiger partial charge in [-0.25, -0.2) is 9.18 Å². The average molecular weight is 379 g/mol. The van der Waals surface area contributed by atoms with Gasteiger partial charge in [-0.05, 0) is 25.1 Å². The minimum atomic E-state index is -0.581. The Hall–Kier alpha value is -2.59. The maximum Gasteiger partial charge on any atom is 0.414 e. The lowest BCUT2D eigenvalue weighted by atomic mass is 10.2. The highest BCUT2D eigenvalue weighted by Gasteiger charge is 2.32. The van der Waals surface area contributed by atoms with Crippen LogP contribution in [0.4, 0.5) is 14.9 Å². The largest absolute Gasteiger partial charge is 0.442 e. The van der Waals surface area contributed by atoms with E-state index in [0.717, 1.165) is 0 Å². The van der Waals surface area contributed by atoms with Crippen molar-refractivity contribution in [1.29, 1.82) is 0 Å². The third kappa shape index (κ3) is 3.81. The van der Waals surface area contributed by atoms with Gasteiger partial charge in [0, 0.05) is 12.5 Å². The second-order valence-corrected chi connectivity index (χ2v) is 6.96. The first kappa shape index (κ1) is 18.2. The van der Waals surface area contributed by atoms with Gasteiger partial charge in [0.1, 0.15) is 16.9 Å². The van der Waals surface area contributed by atoms with E-state index in [2.05, 4.69) is 15.5 Å². The van der Waals surface area contributed by atoms with Crippen molar-refractivity contribution >= 4 is 29.0 Å². The predicted molar refractivity (Wildman–Crippen MR) is 94.2 cm³/mol. The summed E-state index contributed by atoms with van der Waals surface area (Å²) in [6, 6.07) is 4.14. The van der Waals surface area contributed by atoms with Crippen molar-refractivity contribution in [3.63, 3.8) is 0 Å². The monoisotopic (exact) mass is 379 g/mol. The summed E-state index contributed by atoms with van der Waals surface area (Å²) >= 11 is 1.22. The number of anilines is 1. The third-order valence-corrected chi connectivity index (χ3v) is 4.94. The molecular formula is C16H18FN5O3S. The van der Waals surface area contributed by atoms with E-state index in [1.54, 1.807) is 19.1 Å². The highest BCUT2D eigenvalue weighted by molar-refractivity contribution is 7.14. The van der Waals surface area contributed by atoms with Crippen molar-refractivity contribution < 1.29 is 18.7 Å². The standard InChI is InChI=1S/C16H18FN5O3S/c1-8(18)14-20-21-15(26-14)12-4-3-10(5-13(12)17)22-7-11(25-16(22)24)6-19-9(2)23/h3-5,8,11H,6-7,18H2,1-2H3,(H,19,23). The lowest BCUT2D eigenvalue weighted by Gasteiger charge is -2.14. The number of rotatable bonds is 5. The van der Waals surface area contributed by atoms with Crippen LogP contribution in [-0.4, -0.2) is 41.4 Å². The predicted octanol–water partition coefficient (Wildman–Crippen LogP) is 1.83. The molecule has 138 valence electrons. The highest BCUT2D eigenvalue weighted by Crippen LogP contribution is 2.31. The van der Waals surface area contributed by atoms with Gasteiger partial charge in [-0.15, -0.1) is 10.2 Å². The minimum absolute atomic E-state index is 0.210. The van der Waals surface area contributed by atoms with E-state index >= 15 is 0 Å². The first-order valence-electron chi connectivity index (χ1n) is 7.96. The van der Waals surface area contributed by atoms with Crippen molar-refractivity contribution in [3.8, 4) is 10.6 Å². The first-order valence-corrected chi connectivity index (χ1v) is 8.78. The molecule has 1 saturated heterocycles. The molecule has 2 amide bonds. The summed E-state index contributed by atoms with van der Waals surface area (Å²) in [5.74, 6) is -0.730. The minimum Gasteiger partial charge on any atom is -0.442 e. The summed E-state index contributed by atoms with van der Waals surface area (Å²) in [4.78, 5) is 24.3. The number of ether oxygens (including phenoxy) is 1. The summed E-state index contributed by atoms with van der Waals surface area (Å²) in [5, 5.41) is 11.5. The molecule has 2 aromatic rings. The van der Waals surface area contributed by atoms with Gasteiger partial charge in [0.25, 0.3) is 0 Å². The third-order valence-electron chi connectivity index (χ3n) is 3.78. The molecule has 1 aromatic heterocycles. The lowest BCUT2D eigenvalue weighted by molar-refractivity contribution is -0.119. The number of nitrogens with one attached hydrogen (secondary N) is 1. The molecule has 2 heterocycles. The molecule has 0 aliphatic carbocycles. The van der Waals surface area contributed by atoms with Crippen LogP contribution < -0.4 is 16.0 Å². The molecule has 10 heteroatoms. The van der Waals surface area contributed by atoms with Crippen molar-refractivity contribution in [3.05, 3.63) is 29.0 Å². The van der Waals surface area contributed by atoms with Gasteiger partial charge >= 0.3 is 6.09 Å². The normalized spacial score (nSPS) is 17.9. The molecule has 3 rings (SSSR count). The second-order valence-electron chi connectivity index (χ2n) is 5.95. The van der Waals surface area contributed by atoms with Crippen LogP contribution in [0.5, 0.6) is 0 Å². The number of carbonyl (C=O) groups is 2. The van der Waals surface area contributed by atoms with Crippen molar-refractivity contribution in [2.24, 2.45) is 5.73 Å². The number of amides is 2. The van der Waals surface area contributed by atoms with Gasteiger partial charge in [0.2, 0.25) is 5.91 Å². The van der Waals surface area contributed by atoms with E-state index in [4.69, 9.17) is 10.5 Å². The molecule has 2 unspecified atom stereocenters. The van der Waals surface area contributed by atoms with Crippen LogP contribution in [0.3, 0.4) is 0 Å². The number of benzene rings is 1. The molecule has 1 fully saturated rings. The zero-order valence-corrected chi connectivity index (χ0v) is 15.0. The first-order chi connectivity index (χ1) is 12.3. The molecule has 8 nitrogen and oxygen atoms in total. The number of aromatic nitrogens is 2. The van der Waals surface area contributed by atoms with Crippen LogP contribution >= 0.6 is 11.3 Å². The van der Waals surface area contributed by atoms with Crippen LogP contribution in [0.1, 0.15) is 24.9 Å². The Morgan fingerprint density at radius 3 is 2.92 bits per heavy atom. The molecule has 0 bridgehead atoms. The lowest BCUT2D eigenvalue weighted by Crippen LogP contribution is -2.33. The molecule has 26 heavy (non-hydrogen) atoms. The fraction of sp³-hybridized carbons (Fsp3) is 0.375. The Kier molecular flexibility index (Phi) is 5.14. The van der Waals surface area contributed by atoms with Gasteiger partial charge in [-0.2, -0.15) is 0 Å². The van der Waals surface area contributed by atoms with Gasteiger partial charge in [-0.1, -0.05) is 11.3 Å². The zero-order valence-electron chi connectivity index (χ0n) is 14.2. The molecule has 1 aliphatic heterocycles. The number of hydrogen-bond donors (Lipinski definition) is 2. The second kappa shape index (κ2) is 7.34. The summed E-state index contributed by atoms with van der Waals surface area (Å²) < 4.78 is 19.7. The molecular weight excluding hydrogens is 361 g/mol. The van der Waals surface area contributed by atoms with E-state index in [1.165, 1.54) is 29.2 Å². The SMILES string of the molecule is CC(=O)NCC1CN(c2ccc(-c3nnc(C(C)N)s3)c(F)c2)C(=O)O1. The Morgan fingerprint density at radius 1 is 1.54 bits per heavy atom. The van der Waals surface area contributed by atoms with Crippen molar-refractivity contribution in [2.75, 3.05) is 18.0 Å². The fourth-order valence-corrected chi connectivity index (χ4v) is 3.29. The number of halogens is 1. The zero-order chi connectivity index (χ0) is 18.8. The van der Waals surface area contributed by atoms with Crippen LogP contribution in [0, 0.1) is 5.82 Å². The topological polar surface area (TPSA) is 110 Å². The summed E-state index contributed by atoms with van der Waals surface area (Å²) in [5.41, 5.74) is 6.42. The van der Waals surface area contributed by atoms with Crippen LogP contribution in [0.15, 0.2) is 18.2 Å². The van der Waals surface area contributed by atoms with E-state index in [-0.39, 0.29) is 25.0 Å². The van der Waals surface area contributed by atoms with Crippen LogP contribution in [-0.2, 0) is 9.53 Å². The van der Waals surface area contributed by atoms with Gasteiger partial charge in [-0.3, -0.25) is 9.69 Å². The van der Waals surface area contributed by atoms with Crippen LogP contribution in [0.2, 0.25) is 0 Å². The average Bonchev–Trinajstić information content (AvgIpc) is 3.20. The van der Waals surface area contributed by atoms with Crippen molar-refractivity contribution in [1.82, 2.24) is 15.5 Å². The van der Waals surface area contributed by atoms with Crippen molar-refractivity contribution in [2.45, 2.75) is 26.0 Å². The Balaban J connectivity index is 1.76. The quantitative estimate of drug-likeness (QED) is 0.820. The van der Waals surface area contributed by atoms with Gasteiger partial charge in [0.05, 0.1) is 24.8 Å². The maximum atomic E-state index is 14.5. The van der Waals surface area contributed by atoms with E-state index < -0.39 is 18.0 Å². The fourth-order valence-electron chi connectivity index (χ4n) is 2.47.